The van der Waals surface area contributed by atoms with E-state index < -0.39 is 0 Å². The molecule has 0 spiro atoms. The van der Waals surface area contributed by atoms with Gasteiger partial charge in [-0.1, -0.05) is 26.1 Å². The third-order valence-corrected chi connectivity index (χ3v) is 3.76. The molecule has 0 aliphatic carbocycles. The summed E-state index contributed by atoms with van der Waals surface area (Å²) in [6.07, 6.45) is 7.08. The Morgan fingerprint density at radius 3 is 2.67 bits per heavy atom. The van der Waals surface area contributed by atoms with Crippen LogP contribution in [-0.2, 0) is 0 Å². The summed E-state index contributed by atoms with van der Waals surface area (Å²) in [5.41, 5.74) is 6.54. The lowest BCUT2D eigenvalue weighted by Gasteiger charge is -2.23. The average Bonchev–Trinajstić information content (AvgIpc) is 2.50. The Bertz CT molecular complexity index is 427. The number of rotatable bonds is 2. The van der Waals surface area contributed by atoms with Gasteiger partial charge in [0, 0.05) is 13.1 Å². The van der Waals surface area contributed by atoms with Gasteiger partial charge in [-0.25, -0.2) is 9.97 Å². The van der Waals surface area contributed by atoms with Crippen LogP contribution in [0.4, 0.5) is 5.82 Å². The van der Waals surface area contributed by atoms with Gasteiger partial charge >= 0.3 is 0 Å². The van der Waals surface area contributed by atoms with Crippen LogP contribution >= 0.6 is 12.2 Å². The molecule has 0 aromatic carbocycles. The molecule has 18 heavy (non-hydrogen) atoms. The summed E-state index contributed by atoms with van der Waals surface area (Å²) in [6, 6.07) is 0. The first kappa shape index (κ1) is 13.2. The van der Waals surface area contributed by atoms with Crippen molar-refractivity contribution in [2.45, 2.75) is 33.1 Å². The first-order chi connectivity index (χ1) is 8.48. The van der Waals surface area contributed by atoms with Crippen molar-refractivity contribution in [2.24, 2.45) is 11.1 Å². The minimum Gasteiger partial charge on any atom is -0.388 e. The van der Waals surface area contributed by atoms with E-state index >= 15 is 0 Å². The maximum Gasteiger partial charge on any atom is 0.147 e. The highest BCUT2D eigenvalue weighted by Gasteiger charge is 2.23. The molecule has 1 aliphatic heterocycles. The van der Waals surface area contributed by atoms with Crippen LogP contribution in [0, 0.1) is 5.41 Å². The van der Waals surface area contributed by atoms with Crippen molar-refractivity contribution in [3.8, 4) is 0 Å². The Labute approximate surface area is 114 Å². The Hall–Kier alpha value is -1.23. The van der Waals surface area contributed by atoms with Crippen molar-refractivity contribution in [3.63, 3.8) is 0 Å². The second kappa shape index (κ2) is 5.18. The fraction of sp³-hybridized carbons (Fsp3) is 0.615. The molecular formula is C13H20N4S. The van der Waals surface area contributed by atoms with Crippen molar-refractivity contribution >= 4 is 23.0 Å². The summed E-state index contributed by atoms with van der Waals surface area (Å²) in [6.45, 7) is 6.74. The zero-order valence-corrected chi connectivity index (χ0v) is 11.8. The van der Waals surface area contributed by atoms with Gasteiger partial charge < -0.3 is 10.6 Å². The van der Waals surface area contributed by atoms with Gasteiger partial charge in [-0.2, -0.15) is 0 Å². The third-order valence-electron chi connectivity index (χ3n) is 3.55. The molecule has 5 heteroatoms. The molecule has 0 atom stereocenters. The highest BCUT2D eigenvalue weighted by Crippen LogP contribution is 2.30. The zero-order valence-electron chi connectivity index (χ0n) is 11.0. The van der Waals surface area contributed by atoms with Gasteiger partial charge in [0.05, 0.1) is 12.4 Å². The smallest absolute Gasteiger partial charge is 0.147 e. The summed E-state index contributed by atoms with van der Waals surface area (Å²) in [7, 11) is 0. The molecule has 0 amide bonds. The third kappa shape index (κ3) is 3.16. The summed E-state index contributed by atoms with van der Waals surface area (Å²) in [5, 5.41) is 0. The first-order valence-electron chi connectivity index (χ1n) is 6.35. The molecule has 4 nitrogen and oxygen atoms in total. The second-order valence-electron chi connectivity index (χ2n) is 5.63. The maximum atomic E-state index is 5.52. The number of aromatic nitrogens is 2. The molecule has 1 saturated heterocycles. The zero-order chi connectivity index (χ0) is 13.2. The molecule has 0 radical (unpaired) electrons. The molecule has 2 rings (SSSR count). The Morgan fingerprint density at radius 2 is 2.06 bits per heavy atom. The van der Waals surface area contributed by atoms with E-state index in [2.05, 4.69) is 28.7 Å². The molecule has 1 aromatic rings. The lowest BCUT2D eigenvalue weighted by molar-refractivity contribution is 0.325. The van der Waals surface area contributed by atoms with Gasteiger partial charge in [-0.3, -0.25) is 0 Å². The number of hydrogen-bond donors (Lipinski definition) is 1. The Balaban J connectivity index is 2.09. The van der Waals surface area contributed by atoms with E-state index in [0.717, 1.165) is 18.9 Å². The summed E-state index contributed by atoms with van der Waals surface area (Å²) < 4.78 is 0. The van der Waals surface area contributed by atoms with Crippen LogP contribution in [0.5, 0.6) is 0 Å². The fourth-order valence-electron chi connectivity index (χ4n) is 2.26. The monoisotopic (exact) mass is 264 g/mol. The number of nitrogens with zero attached hydrogens (tertiary/aromatic N) is 3. The van der Waals surface area contributed by atoms with Crippen LogP contribution in [0.2, 0.25) is 0 Å². The maximum absolute atomic E-state index is 5.52. The van der Waals surface area contributed by atoms with Crippen LogP contribution in [0.1, 0.15) is 38.8 Å². The van der Waals surface area contributed by atoms with E-state index in [1.54, 1.807) is 12.4 Å². The van der Waals surface area contributed by atoms with Gasteiger partial charge in [0.1, 0.15) is 16.5 Å². The molecule has 0 bridgehead atoms. The standard InChI is InChI=1S/C13H20N4S/c1-13(2)4-3-6-17(7-5-13)11-9-15-10(8-16-11)12(14)18/h8-9H,3-7H2,1-2H3,(H2,14,18). The predicted molar refractivity (Wildman–Crippen MR) is 77.8 cm³/mol. The molecule has 1 aliphatic rings. The number of thiocarbonyl (C=S) groups is 1. The summed E-state index contributed by atoms with van der Waals surface area (Å²) in [5.74, 6) is 0.924. The molecule has 1 fully saturated rings. The first-order valence-corrected chi connectivity index (χ1v) is 6.76. The minimum absolute atomic E-state index is 0.297. The SMILES string of the molecule is CC1(C)CCCN(c2cnc(C(N)=S)cn2)CC1. The summed E-state index contributed by atoms with van der Waals surface area (Å²) >= 11 is 4.88. The Morgan fingerprint density at radius 1 is 1.28 bits per heavy atom. The average molecular weight is 264 g/mol. The second-order valence-corrected chi connectivity index (χ2v) is 6.07. The lowest BCUT2D eigenvalue weighted by Crippen LogP contribution is -2.26. The normalized spacial score (nSPS) is 19.3. The summed E-state index contributed by atoms with van der Waals surface area (Å²) in [4.78, 5) is 11.3. The van der Waals surface area contributed by atoms with Crippen LogP contribution in [0.3, 0.4) is 0 Å². The van der Waals surface area contributed by atoms with Crippen LogP contribution in [0.25, 0.3) is 0 Å². The minimum atomic E-state index is 0.297. The van der Waals surface area contributed by atoms with Crippen molar-refractivity contribution < 1.29 is 0 Å². The van der Waals surface area contributed by atoms with Gasteiger partial charge in [0.2, 0.25) is 0 Å². The van der Waals surface area contributed by atoms with E-state index in [1.165, 1.54) is 19.3 Å². The molecule has 2 N–H and O–H groups in total. The largest absolute Gasteiger partial charge is 0.388 e. The topological polar surface area (TPSA) is 55.0 Å². The Kier molecular flexibility index (Phi) is 3.80. The number of nitrogens with two attached hydrogens (primary N) is 1. The molecule has 0 saturated carbocycles. The molecule has 0 unspecified atom stereocenters. The molecule has 1 aromatic heterocycles. The van der Waals surface area contributed by atoms with Gasteiger partial charge in [-0.15, -0.1) is 0 Å². The van der Waals surface area contributed by atoms with Gasteiger partial charge in [0.15, 0.2) is 0 Å². The van der Waals surface area contributed by atoms with Crippen molar-refractivity contribution in [1.82, 2.24) is 9.97 Å². The van der Waals surface area contributed by atoms with E-state index in [1.807, 2.05) is 0 Å². The van der Waals surface area contributed by atoms with Crippen molar-refractivity contribution in [1.29, 1.82) is 0 Å². The van der Waals surface area contributed by atoms with E-state index in [9.17, 15) is 0 Å². The molecule has 2 heterocycles. The molecular weight excluding hydrogens is 244 g/mol. The lowest BCUT2D eigenvalue weighted by atomic mass is 9.85. The fourth-order valence-corrected chi connectivity index (χ4v) is 2.37. The quantitative estimate of drug-likeness (QED) is 0.829. The highest BCUT2D eigenvalue weighted by molar-refractivity contribution is 7.80. The van der Waals surface area contributed by atoms with E-state index in [4.69, 9.17) is 18.0 Å². The predicted octanol–water partition coefficient (Wildman–Crippen LogP) is 2.13. The number of hydrogen-bond acceptors (Lipinski definition) is 4. The van der Waals surface area contributed by atoms with Gasteiger partial charge in [-0.05, 0) is 24.7 Å². The van der Waals surface area contributed by atoms with E-state index in [-0.39, 0.29) is 0 Å². The van der Waals surface area contributed by atoms with Crippen LogP contribution < -0.4 is 10.6 Å². The van der Waals surface area contributed by atoms with E-state index in [0.29, 0.717) is 16.1 Å². The highest BCUT2D eigenvalue weighted by atomic mass is 32.1. The van der Waals surface area contributed by atoms with Crippen molar-refractivity contribution in [3.05, 3.63) is 18.1 Å². The van der Waals surface area contributed by atoms with Crippen LogP contribution in [0.15, 0.2) is 12.4 Å². The molecule has 98 valence electrons. The number of anilines is 1. The van der Waals surface area contributed by atoms with Crippen LogP contribution in [-0.4, -0.2) is 28.0 Å². The van der Waals surface area contributed by atoms with Gasteiger partial charge in [0.25, 0.3) is 0 Å². The van der Waals surface area contributed by atoms with Crippen molar-refractivity contribution in [2.75, 3.05) is 18.0 Å².